The van der Waals surface area contributed by atoms with Crippen LogP contribution in [0.15, 0.2) is 18.2 Å². The maximum atomic E-state index is 12.5. The number of hydrogen-bond donors (Lipinski definition) is 0. The number of carbonyl (C=O) groups is 1. The number of hydrogen-bond acceptors (Lipinski definition) is 1. The Balaban J connectivity index is 2.17. The Morgan fingerprint density at radius 1 is 1.11 bits per heavy atom. The lowest BCUT2D eigenvalue weighted by molar-refractivity contribution is 0.0623. The smallest absolute Gasteiger partial charge is 0.253 e. The number of amides is 1. The molecule has 1 heterocycles. The third-order valence-corrected chi connectivity index (χ3v) is 3.91. The summed E-state index contributed by atoms with van der Waals surface area (Å²) in [5, 5.41) is 0. The highest BCUT2D eigenvalue weighted by Gasteiger charge is 2.26. The summed E-state index contributed by atoms with van der Waals surface area (Å²) in [7, 11) is 0. The van der Waals surface area contributed by atoms with Crippen LogP contribution in [0.5, 0.6) is 0 Å². The average molecular weight is 245 g/mol. The first-order valence-electron chi connectivity index (χ1n) is 6.84. The van der Waals surface area contributed by atoms with Gasteiger partial charge in [-0.15, -0.1) is 0 Å². The van der Waals surface area contributed by atoms with E-state index in [2.05, 4.69) is 27.7 Å². The van der Waals surface area contributed by atoms with Gasteiger partial charge in [-0.25, -0.2) is 0 Å². The fourth-order valence-corrected chi connectivity index (χ4v) is 2.89. The second kappa shape index (κ2) is 5.13. The molecular formula is C16H23NO. The summed E-state index contributed by atoms with van der Waals surface area (Å²) < 4.78 is 0. The Bertz CT molecular complexity index is 442. The number of benzene rings is 1. The van der Waals surface area contributed by atoms with Gasteiger partial charge in [-0.3, -0.25) is 4.79 Å². The molecule has 2 nitrogen and oxygen atoms in total. The molecule has 98 valence electrons. The van der Waals surface area contributed by atoms with E-state index in [1.807, 2.05) is 23.1 Å². The minimum Gasteiger partial charge on any atom is -0.338 e. The fourth-order valence-electron chi connectivity index (χ4n) is 2.89. The van der Waals surface area contributed by atoms with E-state index < -0.39 is 0 Å². The van der Waals surface area contributed by atoms with E-state index in [1.165, 1.54) is 17.5 Å². The highest BCUT2D eigenvalue weighted by Crippen LogP contribution is 2.23. The minimum absolute atomic E-state index is 0.191. The van der Waals surface area contributed by atoms with E-state index in [4.69, 9.17) is 0 Å². The third kappa shape index (κ3) is 2.74. The van der Waals surface area contributed by atoms with Crippen molar-refractivity contribution in [3.05, 3.63) is 34.9 Å². The lowest BCUT2D eigenvalue weighted by atomic mass is 9.91. The van der Waals surface area contributed by atoms with Crippen molar-refractivity contribution in [2.45, 2.75) is 34.1 Å². The largest absolute Gasteiger partial charge is 0.338 e. The van der Waals surface area contributed by atoms with Gasteiger partial charge in [-0.05, 0) is 55.4 Å². The maximum absolute atomic E-state index is 12.5. The first-order chi connectivity index (χ1) is 8.47. The van der Waals surface area contributed by atoms with Gasteiger partial charge in [0.05, 0.1) is 0 Å². The van der Waals surface area contributed by atoms with Gasteiger partial charge in [-0.1, -0.05) is 19.9 Å². The van der Waals surface area contributed by atoms with Crippen molar-refractivity contribution in [2.24, 2.45) is 11.8 Å². The molecule has 18 heavy (non-hydrogen) atoms. The van der Waals surface area contributed by atoms with Gasteiger partial charge in [0.15, 0.2) is 0 Å². The highest BCUT2D eigenvalue weighted by molar-refractivity contribution is 5.94. The summed E-state index contributed by atoms with van der Waals surface area (Å²) in [4.78, 5) is 14.5. The van der Waals surface area contributed by atoms with Crippen LogP contribution in [0.2, 0.25) is 0 Å². The van der Waals surface area contributed by atoms with Gasteiger partial charge in [0, 0.05) is 18.7 Å². The quantitative estimate of drug-likeness (QED) is 0.742. The van der Waals surface area contributed by atoms with Crippen LogP contribution in [0.25, 0.3) is 0 Å². The molecule has 1 aliphatic heterocycles. The Kier molecular flexibility index (Phi) is 3.74. The van der Waals surface area contributed by atoms with Crippen LogP contribution in [0.4, 0.5) is 0 Å². The predicted molar refractivity (Wildman–Crippen MR) is 74.8 cm³/mol. The van der Waals surface area contributed by atoms with E-state index in [9.17, 15) is 4.79 Å². The van der Waals surface area contributed by atoms with E-state index in [1.54, 1.807) is 0 Å². The molecule has 1 aromatic carbocycles. The molecule has 0 aromatic heterocycles. The van der Waals surface area contributed by atoms with E-state index in [-0.39, 0.29) is 5.91 Å². The minimum atomic E-state index is 0.191. The molecule has 1 saturated heterocycles. The highest BCUT2D eigenvalue weighted by atomic mass is 16.2. The predicted octanol–water partition coefficient (Wildman–Crippen LogP) is 3.42. The second-order valence-electron chi connectivity index (χ2n) is 5.96. The molecule has 0 aliphatic carbocycles. The van der Waals surface area contributed by atoms with Crippen LogP contribution in [-0.2, 0) is 0 Å². The molecule has 1 aromatic rings. The third-order valence-electron chi connectivity index (χ3n) is 3.91. The Morgan fingerprint density at radius 2 is 1.72 bits per heavy atom. The van der Waals surface area contributed by atoms with Crippen molar-refractivity contribution in [1.29, 1.82) is 0 Å². The lowest BCUT2D eigenvalue weighted by Gasteiger charge is -2.35. The number of aryl methyl sites for hydroxylation is 2. The molecular weight excluding hydrogens is 222 g/mol. The topological polar surface area (TPSA) is 20.3 Å². The maximum Gasteiger partial charge on any atom is 0.253 e. The summed E-state index contributed by atoms with van der Waals surface area (Å²) in [6, 6.07) is 6.01. The van der Waals surface area contributed by atoms with Crippen LogP contribution >= 0.6 is 0 Å². The number of likely N-dealkylation sites (tertiary alicyclic amines) is 1. The molecule has 0 saturated carbocycles. The number of piperidine rings is 1. The molecule has 2 rings (SSSR count). The summed E-state index contributed by atoms with van der Waals surface area (Å²) >= 11 is 0. The van der Waals surface area contributed by atoms with Crippen LogP contribution in [0, 0.1) is 25.7 Å². The average Bonchev–Trinajstić information content (AvgIpc) is 2.30. The number of rotatable bonds is 1. The Labute approximate surface area is 110 Å². The number of carbonyl (C=O) groups excluding carboxylic acids is 1. The summed E-state index contributed by atoms with van der Waals surface area (Å²) in [6.07, 6.45) is 1.23. The normalized spacial score (nSPS) is 24.1. The van der Waals surface area contributed by atoms with Gasteiger partial charge >= 0.3 is 0 Å². The lowest BCUT2D eigenvalue weighted by Crippen LogP contribution is -2.42. The van der Waals surface area contributed by atoms with Crippen molar-refractivity contribution < 1.29 is 4.79 Å². The summed E-state index contributed by atoms with van der Waals surface area (Å²) in [6.45, 7) is 10.4. The standard InChI is InChI=1S/C16H23NO/c1-11-7-12(2)10-17(9-11)16(18)15-6-5-13(3)14(4)8-15/h5-6,8,11-12H,7,9-10H2,1-4H3. The van der Waals surface area contributed by atoms with Crippen molar-refractivity contribution in [1.82, 2.24) is 4.90 Å². The van der Waals surface area contributed by atoms with Gasteiger partial charge < -0.3 is 4.90 Å². The second-order valence-corrected chi connectivity index (χ2v) is 5.96. The van der Waals surface area contributed by atoms with E-state index >= 15 is 0 Å². The van der Waals surface area contributed by atoms with Gasteiger partial charge in [0.25, 0.3) is 5.91 Å². The molecule has 0 spiro atoms. The van der Waals surface area contributed by atoms with Crippen LogP contribution in [-0.4, -0.2) is 23.9 Å². The molecule has 1 aliphatic rings. The molecule has 2 heteroatoms. The van der Waals surface area contributed by atoms with Crippen molar-refractivity contribution in [3.8, 4) is 0 Å². The molecule has 0 N–H and O–H groups in total. The van der Waals surface area contributed by atoms with Crippen LogP contribution < -0.4 is 0 Å². The van der Waals surface area contributed by atoms with E-state index in [0.717, 1.165) is 18.7 Å². The Hall–Kier alpha value is -1.31. The van der Waals surface area contributed by atoms with Crippen molar-refractivity contribution in [2.75, 3.05) is 13.1 Å². The summed E-state index contributed by atoms with van der Waals surface area (Å²) in [5.41, 5.74) is 3.27. The molecule has 1 fully saturated rings. The van der Waals surface area contributed by atoms with Crippen molar-refractivity contribution >= 4 is 5.91 Å². The zero-order valence-electron chi connectivity index (χ0n) is 11.9. The van der Waals surface area contributed by atoms with Crippen molar-refractivity contribution in [3.63, 3.8) is 0 Å². The van der Waals surface area contributed by atoms with Crippen LogP contribution in [0.3, 0.4) is 0 Å². The van der Waals surface area contributed by atoms with Gasteiger partial charge in [0.2, 0.25) is 0 Å². The van der Waals surface area contributed by atoms with E-state index in [0.29, 0.717) is 11.8 Å². The van der Waals surface area contributed by atoms with Gasteiger partial charge in [0.1, 0.15) is 0 Å². The van der Waals surface area contributed by atoms with Crippen LogP contribution in [0.1, 0.15) is 41.8 Å². The molecule has 2 unspecified atom stereocenters. The number of nitrogens with zero attached hydrogens (tertiary/aromatic N) is 1. The molecule has 0 bridgehead atoms. The molecule has 1 amide bonds. The van der Waals surface area contributed by atoms with Gasteiger partial charge in [-0.2, -0.15) is 0 Å². The molecule has 0 radical (unpaired) electrons. The zero-order valence-corrected chi connectivity index (χ0v) is 11.9. The first-order valence-corrected chi connectivity index (χ1v) is 6.84. The fraction of sp³-hybridized carbons (Fsp3) is 0.562. The summed E-state index contributed by atoms with van der Waals surface area (Å²) in [5.74, 6) is 1.42. The zero-order chi connectivity index (χ0) is 13.3. The SMILES string of the molecule is Cc1ccc(C(=O)N2CC(C)CC(C)C2)cc1C. The molecule has 2 atom stereocenters. The Morgan fingerprint density at radius 3 is 2.28 bits per heavy atom. The monoisotopic (exact) mass is 245 g/mol. The first kappa shape index (κ1) is 13.1.